The molecule has 0 aromatic heterocycles. The first-order valence-electron chi connectivity index (χ1n) is 5.17. The van der Waals surface area contributed by atoms with Crippen molar-refractivity contribution in [3.05, 3.63) is 35.4 Å². The van der Waals surface area contributed by atoms with Crippen molar-refractivity contribution in [3.63, 3.8) is 0 Å². The van der Waals surface area contributed by atoms with Crippen LogP contribution in [-0.4, -0.2) is 19.5 Å². The minimum Gasteiger partial charge on any atom is -0.384 e. The maximum absolute atomic E-state index is 11.7. The fourth-order valence-corrected chi connectivity index (χ4v) is 1.53. The van der Waals surface area contributed by atoms with E-state index in [4.69, 9.17) is 10.00 Å². The molecule has 1 atom stereocenters. The number of ketones is 1. The second-order valence-electron chi connectivity index (χ2n) is 3.69. The van der Waals surface area contributed by atoms with E-state index >= 15 is 0 Å². The van der Waals surface area contributed by atoms with Crippen LogP contribution in [0.1, 0.15) is 23.5 Å². The molecule has 1 aromatic rings. The molecule has 0 fully saturated rings. The first kappa shape index (κ1) is 12.4. The standard InChI is InChI=1S/C13H15NO2/c1-10-4-3-5-11(8-10)12(9-14)13(15)6-7-16-2/h3-5,8,12H,6-7H2,1-2H3. The summed E-state index contributed by atoms with van der Waals surface area (Å²) in [6, 6.07) is 9.54. The Morgan fingerprint density at radius 1 is 1.56 bits per heavy atom. The van der Waals surface area contributed by atoms with Gasteiger partial charge in [-0.15, -0.1) is 0 Å². The number of aryl methyl sites for hydroxylation is 1. The quantitative estimate of drug-likeness (QED) is 0.759. The molecule has 84 valence electrons. The summed E-state index contributed by atoms with van der Waals surface area (Å²) in [6.45, 7) is 2.31. The van der Waals surface area contributed by atoms with E-state index in [1.807, 2.05) is 37.3 Å². The van der Waals surface area contributed by atoms with Gasteiger partial charge in [0.15, 0.2) is 5.78 Å². The summed E-state index contributed by atoms with van der Waals surface area (Å²) in [5.41, 5.74) is 1.82. The molecule has 3 nitrogen and oxygen atoms in total. The van der Waals surface area contributed by atoms with Gasteiger partial charge < -0.3 is 4.74 Å². The Hall–Kier alpha value is -1.66. The highest BCUT2D eigenvalue weighted by molar-refractivity contribution is 5.88. The van der Waals surface area contributed by atoms with Gasteiger partial charge in [0.2, 0.25) is 0 Å². The Morgan fingerprint density at radius 2 is 2.31 bits per heavy atom. The van der Waals surface area contributed by atoms with Crippen molar-refractivity contribution >= 4 is 5.78 Å². The summed E-state index contributed by atoms with van der Waals surface area (Å²) in [4.78, 5) is 11.7. The molecule has 0 bridgehead atoms. The van der Waals surface area contributed by atoms with Gasteiger partial charge in [-0.2, -0.15) is 5.26 Å². The lowest BCUT2D eigenvalue weighted by atomic mass is 9.93. The smallest absolute Gasteiger partial charge is 0.156 e. The van der Waals surface area contributed by atoms with E-state index in [2.05, 4.69) is 0 Å². The summed E-state index contributed by atoms with van der Waals surface area (Å²) < 4.78 is 4.84. The number of hydrogen-bond acceptors (Lipinski definition) is 3. The third-order valence-electron chi connectivity index (χ3n) is 2.38. The normalized spacial score (nSPS) is 11.8. The molecule has 1 aromatic carbocycles. The predicted octanol–water partition coefficient (Wildman–Crippen LogP) is 2.21. The number of nitrogens with zero attached hydrogens (tertiary/aromatic N) is 1. The number of carbonyl (C=O) groups is 1. The van der Waals surface area contributed by atoms with Crippen LogP contribution >= 0.6 is 0 Å². The average Bonchev–Trinajstić information content (AvgIpc) is 2.27. The topological polar surface area (TPSA) is 50.1 Å². The molecule has 0 heterocycles. The molecule has 0 radical (unpaired) electrons. The van der Waals surface area contributed by atoms with Gasteiger partial charge in [-0.3, -0.25) is 4.79 Å². The van der Waals surface area contributed by atoms with E-state index in [0.717, 1.165) is 11.1 Å². The molecule has 0 aliphatic rings. The molecule has 0 saturated carbocycles. The third-order valence-corrected chi connectivity index (χ3v) is 2.38. The van der Waals surface area contributed by atoms with E-state index < -0.39 is 5.92 Å². The van der Waals surface area contributed by atoms with Gasteiger partial charge in [0.25, 0.3) is 0 Å². The van der Waals surface area contributed by atoms with Crippen molar-refractivity contribution in [2.75, 3.05) is 13.7 Å². The number of rotatable bonds is 5. The summed E-state index contributed by atoms with van der Waals surface area (Å²) in [6.07, 6.45) is 0.280. The van der Waals surface area contributed by atoms with Gasteiger partial charge in [-0.1, -0.05) is 29.8 Å². The van der Waals surface area contributed by atoms with Gasteiger partial charge in [0.05, 0.1) is 12.7 Å². The number of ether oxygens (including phenoxy) is 1. The summed E-state index contributed by atoms with van der Waals surface area (Å²) in [5.74, 6) is -0.759. The van der Waals surface area contributed by atoms with Crippen LogP contribution in [0.5, 0.6) is 0 Å². The van der Waals surface area contributed by atoms with Crippen LogP contribution in [0, 0.1) is 18.3 Å². The number of Topliss-reactive ketones (excluding diaryl/α,β-unsaturated/α-hetero) is 1. The fraction of sp³-hybridized carbons (Fsp3) is 0.385. The molecule has 3 heteroatoms. The zero-order chi connectivity index (χ0) is 12.0. The van der Waals surface area contributed by atoms with Crippen molar-refractivity contribution in [2.24, 2.45) is 0 Å². The van der Waals surface area contributed by atoms with Crippen LogP contribution in [-0.2, 0) is 9.53 Å². The van der Waals surface area contributed by atoms with Crippen LogP contribution in [0.3, 0.4) is 0 Å². The van der Waals surface area contributed by atoms with E-state index in [9.17, 15) is 4.79 Å². The highest BCUT2D eigenvalue weighted by atomic mass is 16.5. The van der Waals surface area contributed by atoms with Crippen molar-refractivity contribution in [1.29, 1.82) is 5.26 Å². The van der Waals surface area contributed by atoms with Crippen molar-refractivity contribution < 1.29 is 9.53 Å². The monoisotopic (exact) mass is 217 g/mol. The summed E-state index contributed by atoms with van der Waals surface area (Å²) in [5, 5.41) is 9.03. The van der Waals surface area contributed by atoms with Crippen molar-refractivity contribution in [3.8, 4) is 6.07 Å². The summed E-state index contributed by atoms with van der Waals surface area (Å²) >= 11 is 0. The number of carbonyl (C=O) groups excluding carboxylic acids is 1. The SMILES string of the molecule is COCCC(=O)C(C#N)c1cccc(C)c1. The van der Waals surface area contributed by atoms with Crippen molar-refractivity contribution in [1.82, 2.24) is 0 Å². The maximum Gasteiger partial charge on any atom is 0.156 e. The van der Waals surface area contributed by atoms with Crippen LogP contribution in [0.2, 0.25) is 0 Å². The molecule has 0 N–H and O–H groups in total. The number of benzene rings is 1. The highest BCUT2D eigenvalue weighted by Gasteiger charge is 2.19. The van der Waals surface area contributed by atoms with Crippen molar-refractivity contribution in [2.45, 2.75) is 19.3 Å². The molecule has 0 spiro atoms. The lowest BCUT2D eigenvalue weighted by molar-refractivity contribution is -0.120. The molecular weight excluding hydrogens is 202 g/mol. The third kappa shape index (κ3) is 3.18. The summed E-state index contributed by atoms with van der Waals surface area (Å²) in [7, 11) is 1.54. The van der Waals surface area contributed by atoms with Gasteiger partial charge in [-0.25, -0.2) is 0 Å². The average molecular weight is 217 g/mol. The van der Waals surface area contributed by atoms with E-state index in [-0.39, 0.29) is 12.2 Å². The lowest BCUT2D eigenvalue weighted by Crippen LogP contribution is -2.13. The van der Waals surface area contributed by atoms with Crippen LogP contribution in [0.25, 0.3) is 0 Å². The van der Waals surface area contributed by atoms with E-state index in [0.29, 0.717) is 6.61 Å². The lowest BCUT2D eigenvalue weighted by Gasteiger charge is -2.08. The minimum atomic E-state index is -0.671. The van der Waals surface area contributed by atoms with E-state index in [1.165, 1.54) is 0 Å². The zero-order valence-electron chi connectivity index (χ0n) is 9.56. The second kappa shape index (κ2) is 6.04. The number of nitriles is 1. The van der Waals surface area contributed by atoms with Crippen LogP contribution in [0.15, 0.2) is 24.3 Å². The molecule has 16 heavy (non-hydrogen) atoms. The Bertz CT molecular complexity index is 407. The predicted molar refractivity (Wildman–Crippen MR) is 61.0 cm³/mol. The minimum absolute atomic E-state index is 0.0880. The Morgan fingerprint density at radius 3 is 2.88 bits per heavy atom. The first-order valence-corrected chi connectivity index (χ1v) is 5.17. The van der Waals surface area contributed by atoms with Gasteiger partial charge in [-0.05, 0) is 12.5 Å². The second-order valence-corrected chi connectivity index (χ2v) is 3.69. The first-order chi connectivity index (χ1) is 7.69. The molecule has 0 saturated heterocycles. The Balaban J connectivity index is 2.83. The number of methoxy groups -OCH3 is 1. The zero-order valence-corrected chi connectivity index (χ0v) is 9.56. The largest absolute Gasteiger partial charge is 0.384 e. The molecule has 1 rings (SSSR count). The molecule has 0 aliphatic carbocycles. The number of hydrogen-bond donors (Lipinski definition) is 0. The van der Waals surface area contributed by atoms with Gasteiger partial charge >= 0.3 is 0 Å². The van der Waals surface area contributed by atoms with Gasteiger partial charge in [0.1, 0.15) is 5.92 Å². The maximum atomic E-state index is 11.7. The molecule has 1 unspecified atom stereocenters. The molecule has 0 aliphatic heterocycles. The van der Waals surface area contributed by atoms with E-state index in [1.54, 1.807) is 7.11 Å². The molecule has 0 amide bonds. The van der Waals surface area contributed by atoms with Gasteiger partial charge in [0, 0.05) is 13.5 Å². The van der Waals surface area contributed by atoms with Crippen LogP contribution in [0.4, 0.5) is 0 Å². The Kier molecular flexibility index (Phi) is 4.68. The Labute approximate surface area is 95.7 Å². The highest BCUT2D eigenvalue weighted by Crippen LogP contribution is 2.18. The van der Waals surface area contributed by atoms with Crippen LogP contribution < -0.4 is 0 Å². The molecular formula is C13H15NO2. The fourth-order valence-electron chi connectivity index (χ4n) is 1.53.